The summed E-state index contributed by atoms with van der Waals surface area (Å²) in [5.41, 5.74) is 4.55. The fourth-order valence-electron chi connectivity index (χ4n) is 1.51. The first-order valence-corrected chi connectivity index (χ1v) is 5.05. The van der Waals surface area contributed by atoms with Crippen LogP contribution in [0, 0.1) is 0 Å². The molecule has 0 aliphatic carbocycles. The van der Waals surface area contributed by atoms with E-state index < -0.39 is 11.9 Å². The zero-order valence-corrected chi connectivity index (χ0v) is 9.15. The lowest BCUT2D eigenvalue weighted by atomic mass is 10.1. The van der Waals surface area contributed by atoms with Gasteiger partial charge in [-0.2, -0.15) is 13.2 Å². The third-order valence-electron chi connectivity index (χ3n) is 2.24. The highest BCUT2D eigenvalue weighted by Gasteiger charge is 2.35. The Bertz CT molecular complexity index is 554. The minimum atomic E-state index is -4.49. The molecule has 0 unspecified atom stereocenters. The number of aromatic nitrogens is 3. The molecule has 0 bridgehead atoms. The van der Waals surface area contributed by atoms with Gasteiger partial charge >= 0.3 is 6.18 Å². The van der Waals surface area contributed by atoms with Gasteiger partial charge in [0.1, 0.15) is 17.3 Å². The van der Waals surface area contributed by atoms with E-state index in [1.807, 2.05) is 0 Å². The van der Waals surface area contributed by atoms with Crippen LogP contribution < -0.4 is 5.73 Å². The lowest BCUT2D eigenvalue weighted by molar-refractivity contribution is -0.141. The lowest BCUT2D eigenvalue weighted by Gasteiger charge is -2.10. The first kappa shape index (κ1) is 12.3. The number of hydrogen-bond donors (Lipinski definition) is 1. The summed E-state index contributed by atoms with van der Waals surface area (Å²) in [6, 6.07) is 4.26. The van der Waals surface area contributed by atoms with Gasteiger partial charge in [0.05, 0.1) is 0 Å². The van der Waals surface area contributed by atoms with Crippen LogP contribution in [-0.2, 0) is 12.6 Å². The Morgan fingerprint density at radius 2 is 1.89 bits per heavy atom. The number of rotatable bonds is 2. The molecule has 0 saturated heterocycles. The number of halogens is 3. The molecule has 0 spiro atoms. The predicted molar refractivity (Wildman–Crippen MR) is 58.5 cm³/mol. The quantitative estimate of drug-likeness (QED) is 0.890. The maximum Gasteiger partial charge on any atom is 0.433 e. The fourth-order valence-corrected chi connectivity index (χ4v) is 1.51. The molecular formula is C11H9F3N4. The maximum absolute atomic E-state index is 12.7. The van der Waals surface area contributed by atoms with Crippen molar-refractivity contribution >= 4 is 5.82 Å². The molecule has 2 heterocycles. The van der Waals surface area contributed by atoms with E-state index in [1.54, 1.807) is 0 Å². The zero-order valence-electron chi connectivity index (χ0n) is 9.15. The molecule has 0 aliphatic heterocycles. The second kappa shape index (κ2) is 4.59. The van der Waals surface area contributed by atoms with E-state index in [9.17, 15) is 13.2 Å². The number of nitrogens with zero attached hydrogens (tertiary/aromatic N) is 3. The Morgan fingerprint density at radius 3 is 2.56 bits per heavy atom. The van der Waals surface area contributed by atoms with Crippen molar-refractivity contribution in [2.24, 2.45) is 0 Å². The van der Waals surface area contributed by atoms with Crippen LogP contribution in [-0.4, -0.2) is 15.0 Å². The van der Waals surface area contributed by atoms with Crippen molar-refractivity contribution in [2.45, 2.75) is 12.6 Å². The molecule has 18 heavy (non-hydrogen) atoms. The first-order valence-electron chi connectivity index (χ1n) is 5.05. The smallest absolute Gasteiger partial charge is 0.384 e. The summed E-state index contributed by atoms with van der Waals surface area (Å²) in [6.07, 6.45) is -2.04. The van der Waals surface area contributed by atoms with Crippen molar-refractivity contribution in [2.75, 3.05) is 5.73 Å². The van der Waals surface area contributed by atoms with Crippen LogP contribution in [0.2, 0.25) is 0 Å². The number of nitrogens with two attached hydrogens (primary N) is 1. The van der Waals surface area contributed by atoms with Gasteiger partial charge in [-0.3, -0.25) is 4.98 Å². The fraction of sp³-hybridized carbons (Fsp3) is 0.182. The molecule has 7 heteroatoms. The minimum Gasteiger partial charge on any atom is -0.384 e. The van der Waals surface area contributed by atoms with Crippen LogP contribution in [0.3, 0.4) is 0 Å². The summed E-state index contributed by atoms with van der Waals surface area (Å²) in [7, 11) is 0. The van der Waals surface area contributed by atoms with Crippen molar-refractivity contribution in [3.8, 4) is 0 Å². The van der Waals surface area contributed by atoms with Gasteiger partial charge in [0.25, 0.3) is 0 Å². The number of anilines is 1. The second-order valence-corrected chi connectivity index (χ2v) is 3.58. The van der Waals surface area contributed by atoms with Crippen molar-refractivity contribution in [3.63, 3.8) is 0 Å². The number of pyridine rings is 1. The average Bonchev–Trinajstić information content (AvgIpc) is 2.28. The van der Waals surface area contributed by atoms with Crippen LogP contribution in [0.15, 0.2) is 30.6 Å². The number of alkyl halides is 3. The SMILES string of the molecule is Nc1ccnc(Cc2cccnc2C(F)(F)F)n1. The largest absolute Gasteiger partial charge is 0.433 e. The standard InChI is InChI=1S/C11H9F3N4/c12-11(13,14)10-7(2-1-4-17-10)6-9-16-5-3-8(15)18-9/h1-5H,6H2,(H2,15,16,18). The Hall–Kier alpha value is -2.18. The Labute approximate surface area is 101 Å². The second-order valence-electron chi connectivity index (χ2n) is 3.58. The van der Waals surface area contributed by atoms with Crippen LogP contribution >= 0.6 is 0 Å². The van der Waals surface area contributed by atoms with E-state index >= 15 is 0 Å². The van der Waals surface area contributed by atoms with Gasteiger partial charge in [0, 0.05) is 18.8 Å². The normalized spacial score (nSPS) is 11.5. The zero-order chi connectivity index (χ0) is 13.2. The van der Waals surface area contributed by atoms with Gasteiger partial charge in [-0.15, -0.1) is 0 Å². The third-order valence-corrected chi connectivity index (χ3v) is 2.24. The molecular weight excluding hydrogens is 245 g/mol. The summed E-state index contributed by atoms with van der Waals surface area (Å²) >= 11 is 0. The maximum atomic E-state index is 12.7. The topological polar surface area (TPSA) is 64.7 Å². The van der Waals surface area contributed by atoms with Gasteiger partial charge in [-0.25, -0.2) is 9.97 Å². The van der Waals surface area contributed by atoms with E-state index in [1.165, 1.54) is 24.4 Å². The molecule has 2 aromatic heterocycles. The molecule has 4 nitrogen and oxygen atoms in total. The van der Waals surface area contributed by atoms with Crippen molar-refractivity contribution in [1.29, 1.82) is 0 Å². The van der Waals surface area contributed by atoms with Gasteiger partial charge in [0.2, 0.25) is 0 Å². The van der Waals surface area contributed by atoms with Gasteiger partial charge < -0.3 is 5.73 Å². The summed E-state index contributed by atoms with van der Waals surface area (Å²) in [4.78, 5) is 11.1. The summed E-state index contributed by atoms with van der Waals surface area (Å²) in [5, 5.41) is 0. The molecule has 0 fully saturated rings. The molecule has 0 aromatic carbocycles. The Morgan fingerprint density at radius 1 is 1.11 bits per heavy atom. The van der Waals surface area contributed by atoms with Gasteiger partial charge in [0.15, 0.2) is 0 Å². The Kier molecular flexibility index (Phi) is 3.14. The molecule has 2 N–H and O–H groups in total. The van der Waals surface area contributed by atoms with Crippen molar-refractivity contribution in [3.05, 3.63) is 47.7 Å². The highest BCUT2D eigenvalue weighted by atomic mass is 19.4. The molecule has 0 amide bonds. The summed E-state index contributed by atoms with van der Waals surface area (Å²) in [6.45, 7) is 0. The van der Waals surface area contributed by atoms with Gasteiger partial charge in [-0.1, -0.05) is 6.07 Å². The summed E-state index contributed by atoms with van der Waals surface area (Å²) in [5.74, 6) is 0.450. The molecule has 0 saturated carbocycles. The first-order chi connectivity index (χ1) is 8.47. The molecule has 2 rings (SSSR count). The molecule has 0 aliphatic rings. The van der Waals surface area contributed by atoms with E-state index in [4.69, 9.17) is 5.73 Å². The van der Waals surface area contributed by atoms with Gasteiger partial charge in [-0.05, 0) is 17.7 Å². The number of hydrogen-bond acceptors (Lipinski definition) is 4. The minimum absolute atomic E-state index is 0.0237. The van der Waals surface area contributed by atoms with Crippen molar-refractivity contribution < 1.29 is 13.2 Å². The molecule has 0 radical (unpaired) electrons. The average molecular weight is 254 g/mol. The number of nitrogen functional groups attached to an aromatic ring is 1. The van der Waals surface area contributed by atoms with E-state index in [0.717, 1.165) is 6.20 Å². The monoisotopic (exact) mass is 254 g/mol. The van der Waals surface area contributed by atoms with E-state index in [2.05, 4.69) is 15.0 Å². The van der Waals surface area contributed by atoms with Crippen LogP contribution in [0.5, 0.6) is 0 Å². The molecule has 2 aromatic rings. The highest BCUT2D eigenvalue weighted by molar-refractivity contribution is 5.29. The summed E-state index contributed by atoms with van der Waals surface area (Å²) < 4.78 is 38.1. The molecule has 94 valence electrons. The predicted octanol–water partition coefficient (Wildman–Crippen LogP) is 2.06. The van der Waals surface area contributed by atoms with Crippen LogP contribution in [0.4, 0.5) is 19.0 Å². The lowest BCUT2D eigenvalue weighted by Crippen LogP contribution is -2.12. The van der Waals surface area contributed by atoms with Crippen molar-refractivity contribution in [1.82, 2.24) is 15.0 Å². The van der Waals surface area contributed by atoms with E-state index in [-0.39, 0.29) is 23.6 Å². The van der Waals surface area contributed by atoms with Crippen LogP contribution in [0.25, 0.3) is 0 Å². The Balaban J connectivity index is 2.35. The van der Waals surface area contributed by atoms with Crippen LogP contribution in [0.1, 0.15) is 17.1 Å². The van der Waals surface area contributed by atoms with E-state index in [0.29, 0.717) is 0 Å². The third kappa shape index (κ3) is 2.73. The molecule has 0 atom stereocenters. The highest BCUT2D eigenvalue weighted by Crippen LogP contribution is 2.30.